The van der Waals surface area contributed by atoms with Gasteiger partial charge in [0.15, 0.2) is 0 Å². The summed E-state index contributed by atoms with van der Waals surface area (Å²) in [6, 6.07) is 5.27. The maximum atomic E-state index is 12.6. The third kappa shape index (κ3) is 2.54. The van der Waals surface area contributed by atoms with E-state index >= 15 is 0 Å². The van der Waals surface area contributed by atoms with Gasteiger partial charge in [0.25, 0.3) is 11.5 Å². The summed E-state index contributed by atoms with van der Waals surface area (Å²) in [5.74, 6) is -0.284. The van der Waals surface area contributed by atoms with Crippen molar-refractivity contribution in [3.63, 3.8) is 0 Å². The second-order valence-electron chi connectivity index (χ2n) is 5.37. The maximum absolute atomic E-state index is 12.6. The molecule has 2 atom stereocenters. The zero-order valence-electron chi connectivity index (χ0n) is 12.0. The second-order valence-corrected chi connectivity index (χ2v) is 5.37. The van der Waals surface area contributed by atoms with E-state index in [1.165, 1.54) is 10.6 Å². The predicted molar refractivity (Wildman–Crippen MR) is 77.4 cm³/mol. The fourth-order valence-electron chi connectivity index (χ4n) is 2.69. The normalized spacial score (nSPS) is 22.5. The minimum Gasteiger partial charge on any atom is -0.372 e. The minimum atomic E-state index is -0.336. The number of hydrogen-bond acceptors (Lipinski definition) is 4. The Hall–Kier alpha value is -2.21. The van der Waals surface area contributed by atoms with E-state index in [9.17, 15) is 9.59 Å². The predicted octanol–water partition coefficient (Wildman–Crippen LogP) is 0.944. The molecule has 1 amide bonds. The van der Waals surface area contributed by atoms with E-state index in [4.69, 9.17) is 4.74 Å². The van der Waals surface area contributed by atoms with E-state index in [-0.39, 0.29) is 29.2 Å². The van der Waals surface area contributed by atoms with E-state index in [1.54, 1.807) is 29.3 Å². The summed E-state index contributed by atoms with van der Waals surface area (Å²) in [7, 11) is 0. The number of carbonyl (C=O) groups is 1. The lowest BCUT2D eigenvalue weighted by Crippen LogP contribution is -2.49. The number of ether oxygens (including phenoxy) is 1. The molecule has 21 heavy (non-hydrogen) atoms. The van der Waals surface area contributed by atoms with Gasteiger partial charge < -0.3 is 9.64 Å². The summed E-state index contributed by atoms with van der Waals surface area (Å²) in [4.78, 5) is 30.8. The molecule has 0 bridgehead atoms. The van der Waals surface area contributed by atoms with Crippen LogP contribution in [0.3, 0.4) is 0 Å². The fourth-order valence-corrected chi connectivity index (χ4v) is 2.69. The molecule has 110 valence electrons. The van der Waals surface area contributed by atoms with Crippen LogP contribution in [-0.2, 0) is 4.74 Å². The van der Waals surface area contributed by atoms with E-state index < -0.39 is 0 Å². The molecule has 0 N–H and O–H groups in total. The zero-order valence-corrected chi connectivity index (χ0v) is 12.0. The van der Waals surface area contributed by atoms with Gasteiger partial charge >= 0.3 is 0 Å². The van der Waals surface area contributed by atoms with Crippen molar-refractivity contribution in [2.75, 3.05) is 13.1 Å². The van der Waals surface area contributed by atoms with Gasteiger partial charge in [0.05, 0.1) is 12.2 Å². The zero-order chi connectivity index (χ0) is 15.0. The van der Waals surface area contributed by atoms with Crippen molar-refractivity contribution in [2.24, 2.45) is 0 Å². The molecule has 1 aliphatic rings. The van der Waals surface area contributed by atoms with Crippen molar-refractivity contribution in [2.45, 2.75) is 26.1 Å². The number of pyridine rings is 1. The number of aromatic nitrogens is 2. The van der Waals surface area contributed by atoms with Gasteiger partial charge in [-0.25, -0.2) is 4.98 Å². The Bertz CT molecular complexity index is 730. The minimum absolute atomic E-state index is 0.0335. The number of nitrogens with zero attached hydrogens (tertiary/aromatic N) is 3. The van der Waals surface area contributed by atoms with Crippen LogP contribution in [-0.4, -0.2) is 45.5 Å². The average molecular weight is 287 g/mol. The Morgan fingerprint density at radius 3 is 2.71 bits per heavy atom. The highest BCUT2D eigenvalue weighted by Crippen LogP contribution is 2.13. The molecule has 0 radical (unpaired) electrons. The van der Waals surface area contributed by atoms with Gasteiger partial charge in [-0.15, -0.1) is 0 Å². The van der Waals surface area contributed by atoms with Crippen LogP contribution in [0.4, 0.5) is 0 Å². The highest BCUT2D eigenvalue weighted by molar-refractivity contribution is 5.93. The first-order valence-corrected chi connectivity index (χ1v) is 6.97. The summed E-state index contributed by atoms with van der Waals surface area (Å²) in [5.41, 5.74) is 0.292. The van der Waals surface area contributed by atoms with Crippen molar-refractivity contribution < 1.29 is 9.53 Å². The van der Waals surface area contributed by atoms with Crippen LogP contribution in [0, 0.1) is 0 Å². The van der Waals surface area contributed by atoms with Gasteiger partial charge in [-0.2, -0.15) is 0 Å². The highest BCUT2D eigenvalue weighted by Gasteiger charge is 2.28. The fraction of sp³-hybridized carbons (Fsp3) is 0.400. The van der Waals surface area contributed by atoms with E-state index in [0.29, 0.717) is 18.7 Å². The largest absolute Gasteiger partial charge is 0.372 e. The molecule has 3 heterocycles. The first kappa shape index (κ1) is 13.8. The molecule has 2 unspecified atom stereocenters. The molecule has 1 fully saturated rings. The third-order valence-electron chi connectivity index (χ3n) is 3.55. The Labute approximate surface area is 122 Å². The lowest BCUT2D eigenvalue weighted by atomic mass is 10.2. The molecule has 2 aromatic heterocycles. The van der Waals surface area contributed by atoms with E-state index in [0.717, 1.165) is 0 Å². The van der Waals surface area contributed by atoms with E-state index in [2.05, 4.69) is 4.98 Å². The van der Waals surface area contributed by atoms with Crippen LogP contribution in [0.2, 0.25) is 0 Å². The van der Waals surface area contributed by atoms with Gasteiger partial charge in [0, 0.05) is 25.5 Å². The molecule has 0 aromatic carbocycles. The SMILES string of the molecule is CC1CN(C(=O)c2cnc3ccccn3c2=O)CC(C)O1. The number of fused-ring (bicyclic) bond motifs is 1. The molecule has 3 rings (SSSR count). The Morgan fingerprint density at radius 1 is 1.29 bits per heavy atom. The molecule has 0 aliphatic carbocycles. The Morgan fingerprint density at radius 2 is 2.00 bits per heavy atom. The highest BCUT2D eigenvalue weighted by atomic mass is 16.5. The van der Waals surface area contributed by atoms with Crippen molar-refractivity contribution in [3.8, 4) is 0 Å². The average Bonchev–Trinajstić information content (AvgIpc) is 2.46. The summed E-state index contributed by atoms with van der Waals surface area (Å²) in [6.45, 7) is 4.81. The first-order valence-electron chi connectivity index (χ1n) is 6.97. The second kappa shape index (κ2) is 5.29. The van der Waals surface area contributed by atoms with Crippen LogP contribution < -0.4 is 5.56 Å². The summed E-state index contributed by atoms with van der Waals surface area (Å²) >= 11 is 0. The standard InChI is InChI=1S/C15H17N3O3/c1-10-8-17(9-11(2)21-10)14(19)12-7-16-13-5-3-4-6-18(13)15(12)20/h3-7,10-11H,8-9H2,1-2H3. The summed E-state index contributed by atoms with van der Waals surface area (Å²) < 4.78 is 7.00. The van der Waals surface area contributed by atoms with Gasteiger partial charge in [0.1, 0.15) is 11.2 Å². The van der Waals surface area contributed by atoms with Crippen molar-refractivity contribution >= 4 is 11.6 Å². The van der Waals surface area contributed by atoms with E-state index in [1.807, 2.05) is 13.8 Å². The molecule has 0 saturated carbocycles. The quantitative estimate of drug-likeness (QED) is 0.783. The molecular formula is C15H17N3O3. The van der Waals surface area contributed by atoms with Crippen molar-refractivity contribution in [3.05, 3.63) is 46.5 Å². The molecule has 2 aromatic rings. The van der Waals surface area contributed by atoms with Gasteiger partial charge in [-0.3, -0.25) is 14.0 Å². The van der Waals surface area contributed by atoms with Gasteiger partial charge in [0.2, 0.25) is 0 Å². The summed E-state index contributed by atoms with van der Waals surface area (Å²) in [6.07, 6.45) is 2.92. The lowest BCUT2D eigenvalue weighted by molar-refractivity contribution is -0.0586. The lowest BCUT2D eigenvalue weighted by Gasteiger charge is -2.35. The molecule has 1 saturated heterocycles. The molecule has 1 aliphatic heterocycles. The molecule has 0 spiro atoms. The van der Waals surface area contributed by atoms with Crippen LogP contribution in [0.25, 0.3) is 5.65 Å². The van der Waals surface area contributed by atoms with Gasteiger partial charge in [-0.1, -0.05) is 6.07 Å². The Balaban J connectivity index is 1.98. The van der Waals surface area contributed by atoms with Crippen LogP contribution in [0.15, 0.2) is 35.4 Å². The monoisotopic (exact) mass is 287 g/mol. The van der Waals surface area contributed by atoms with Crippen molar-refractivity contribution in [1.29, 1.82) is 0 Å². The van der Waals surface area contributed by atoms with Crippen molar-refractivity contribution in [1.82, 2.24) is 14.3 Å². The number of rotatable bonds is 1. The number of hydrogen-bond donors (Lipinski definition) is 0. The number of amides is 1. The van der Waals surface area contributed by atoms with Crippen LogP contribution in [0.5, 0.6) is 0 Å². The van der Waals surface area contributed by atoms with Crippen LogP contribution in [0.1, 0.15) is 24.2 Å². The molecule has 6 heteroatoms. The summed E-state index contributed by atoms with van der Waals surface area (Å²) in [5, 5.41) is 0. The Kier molecular flexibility index (Phi) is 3.47. The first-order chi connectivity index (χ1) is 10.1. The third-order valence-corrected chi connectivity index (χ3v) is 3.55. The van der Waals surface area contributed by atoms with Gasteiger partial charge in [-0.05, 0) is 26.0 Å². The van der Waals surface area contributed by atoms with Crippen LogP contribution >= 0.6 is 0 Å². The molecule has 6 nitrogen and oxygen atoms in total. The number of carbonyl (C=O) groups excluding carboxylic acids is 1. The smallest absolute Gasteiger partial charge is 0.270 e. The topological polar surface area (TPSA) is 63.9 Å². The molecular weight excluding hydrogens is 270 g/mol. The number of morpholine rings is 1. The maximum Gasteiger partial charge on any atom is 0.270 e.